The number of allylic oxidation sites excluding steroid dienone is 4. The minimum absolute atomic E-state index is 0.610. The van der Waals surface area contributed by atoms with Gasteiger partial charge in [-0.3, -0.25) is 0 Å². The first-order valence-electron chi connectivity index (χ1n) is 25.8. The summed E-state index contributed by atoms with van der Waals surface area (Å²) in [6.07, 6.45) is 6.47. The molecule has 0 saturated carbocycles. The molecule has 0 unspecified atom stereocenters. The van der Waals surface area contributed by atoms with Gasteiger partial charge in [0, 0.05) is 16.9 Å². The number of rotatable bonds is 13. The van der Waals surface area contributed by atoms with Crippen molar-refractivity contribution < 1.29 is 0 Å². The number of hydrogen-bond acceptors (Lipinski definition) is 1. The van der Waals surface area contributed by atoms with Gasteiger partial charge in [0.15, 0.2) is 0 Å². The highest BCUT2D eigenvalue weighted by molar-refractivity contribution is 5.96. The molecule has 0 aromatic heterocycles. The summed E-state index contributed by atoms with van der Waals surface area (Å²) in [7, 11) is 0. The number of anilines is 2. The molecule has 1 aliphatic rings. The maximum Gasteiger partial charge on any atom is 0.0714 e. The summed E-state index contributed by atoms with van der Waals surface area (Å²) >= 11 is 0. The Morgan fingerprint density at radius 2 is 0.733 bits per heavy atom. The second kappa shape index (κ2) is 20.5. The molecule has 0 saturated heterocycles. The third kappa shape index (κ3) is 8.86. The summed E-state index contributed by atoms with van der Waals surface area (Å²) in [5.41, 5.74) is 23.8. The van der Waals surface area contributed by atoms with E-state index in [1.165, 1.54) is 66.8 Å². The predicted octanol–water partition coefficient (Wildman–Crippen LogP) is 19.7. The minimum atomic E-state index is -0.610. The summed E-state index contributed by atoms with van der Waals surface area (Å²) < 4.78 is 0. The van der Waals surface area contributed by atoms with Crippen molar-refractivity contribution in [2.45, 2.75) is 12.3 Å². The maximum absolute atomic E-state index is 4.56. The Morgan fingerprint density at radius 3 is 1.20 bits per heavy atom. The van der Waals surface area contributed by atoms with E-state index < -0.39 is 5.41 Å². The average Bonchev–Trinajstić information content (AvgIpc) is 3.79. The van der Waals surface area contributed by atoms with Gasteiger partial charge in [0.25, 0.3) is 0 Å². The molecule has 0 N–H and O–H groups in total. The fraction of sp³-hybridized carbons (Fsp3) is 0.0270. The third-order valence-electron chi connectivity index (χ3n) is 15.0. The standard InChI is InChI=1S/C74H55N/c1-3-66(48-33-53(2)54-34-36-58(37-35-54)55-21-9-4-10-22-55)75(67-49-46-62(47-50-67)61-40-38-59(39-41-61)56-23-11-5-12-24-56)73-52-72-70(51-69(73)63-44-42-60(43-45-63)57-25-13-6-14-26-57)68-31-19-20-32-71(68)74(72,64-27-15-7-16-28-64)65-29-17-8-18-30-65/h3-52H,1H2,2H3/b53-33+,66-48+. The number of nitrogens with zero attached hydrogens (tertiary/aromatic N) is 1. The van der Waals surface area contributed by atoms with E-state index in [0.717, 1.165) is 50.5 Å². The zero-order valence-electron chi connectivity index (χ0n) is 42.0. The van der Waals surface area contributed by atoms with Crippen LogP contribution in [0.3, 0.4) is 0 Å². The normalized spacial score (nSPS) is 12.7. The van der Waals surface area contributed by atoms with Crippen LogP contribution in [-0.4, -0.2) is 0 Å². The largest absolute Gasteiger partial charge is 0.310 e. The molecule has 1 aliphatic carbocycles. The molecule has 0 radical (unpaired) electrons. The summed E-state index contributed by atoms with van der Waals surface area (Å²) in [6, 6.07) is 104. The second-order valence-corrected chi connectivity index (χ2v) is 19.3. The van der Waals surface area contributed by atoms with Crippen molar-refractivity contribution in [3.63, 3.8) is 0 Å². The van der Waals surface area contributed by atoms with Crippen LogP contribution >= 0.6 is 0 Å². The first kappa shape index (κ1) is 46.5. The van der Waals surface area contributed by atoms with Gasteiger partial charge in [-0.1, -0.05) is 274 Å². The average molecular weight is 958 g/mol. The molecule has 1 heteroatoms. The lowest BCUT2D eigenvalue weighted by molar-refractivity contribution is 0.768. The number of fused-ring (bicyclic) bond motifs is 3. The lowest BCUT2D eigenvalue weighted by Crippen LogP contribution is -2.29. The van der Waals surface area contributed by atoms with Crippen LogP contribution < -0.4 is 4.90 Å². The van der Waals surface area contributed by atoms with E-state index in [9.17, 15) is 0 Å². The minimum Gasteiger partial charge on any atom is -0.310 e. The molecule has 11 aromatic rings. The van der Waals surface area contributed by atoms with Gasteiger partial charge in [0.2, 0.25) is 0 Å². The molecule has 75 heavy (non-hydrogen) atoms. The van der Waals surface area contributed by atoms with Crippen molar-refractivity contribution in [2.24, 2.45) is 0 Å². The molecule has 0 aliphatic heterocycles. The molecular formula is C74H55N. The monoisotopic (exact) mass is 957 g/mol. The Balaban J connectivity index is 1.08. The molecule has 1 nitrogen and oxygen atoms in total. The van der Waals surface area contributed by atoms with Crippen molar-refractivity contribution in [1.29, 1.82) is 0 Å². The fourth-order valence-electron chi connectivity index (χ4n) is 11.2. The van der Waals surface area contributed by atoms with Gasteiger partial charge in [0.05, 0.1) is 11.1 Å². The van der Waals surface area contributed by atoms with E-state index in [1.54, 1.807) is 0 Å². The molecule has 0 amide bonds. The van der Waals surface area contributed by atoms with E-state index in [1.807, 2.05) is 6.08 Å². The Morgan fingerprint density at radius 1 is 0.347 bits per heavy atom. The van der Waals surface area contributed by atoms with Crippen molar-refractivity contribution in [1.82, 2.24) is 0 Å². The maximum atomic E-state index is 4.56. The number of hydrogen-bond donors (Lipinski definition) is 0. The van der Waals surface area contributed by atoms with Gasteiger partial charge in [0.1, 0.15) is 0 Å². The zero-order valence-corrected chi connectivity index (χ0v) is 42.0. The van der Waals surface area contributed by atoms with Crippen LogP contribution in [0.2, 0.25) is 0 Å². The Kier molecular flexibility index (Phi) is 12.7. The smallest absolute Gasteiger partial charge is 0.0714 e. The summed E-state index contributed by atoms with van der Waals surface area (Å²) in [5, 5.41) is 0. The van der Waals surface area contributed by atoms with E-state index in [0.29, 0.717) is 0 Å². The molecule has 0 fully saturated rings. The Hall–Kier alpha value is -9.56. The van der Waals surface area contributed by atoms with Gasteiger partial charge < -0.3 is 4.90 Å². The molecule has 0 bridgehead atoms. The van der Waals surface area contributed by atoms with E-state index >= 15 is 0 Å². The van der Waals surface area contributed by atoms with Crippen molar-refractivity contribution >= 4 is 16.9 Å². The molecule has 11 aromatic carbocycles. The van der Waals surface area contributed by atoms with Crippen LogP contribution in [-0.2, 0) is 5.41 Å². The molecular weight excluding hydrogens is 903 g/mol. The first-order valence-corrected chi connectivity index (χ1v) is 25.8. The van der Waals surface area contributed by atoms with Crippen molar-refractivity contribution in [3.8, 4) is 66.8 Å². The third-order valence-corrected chi connectivity index (χ3v) is 15.0. The Labute approximate surface area is 442 Å². The SMILES string of the molecule is C=C/C(=C\C=C(/C)c1ccc(-c2ccccc2)cc1)N(c1ccc(-c2ccc(-c3ccccc3)cc2)cc1)c1cc2c(cc1-c1ccc(-c3ccccc3)cc1)-c1ccccc1C2(c1ccccc1)c1ccccc1. The zero-order chi connectivity index (χ0) is 50.6. The van der Waals surface area contributed by atoms with Gasteiger partial charge in [-0.15, -0.1) is 0 Å². The summed E-state index contributed by atoms with van der Waals surface area (Å²) in [6.45, 7) is 6.76. The van der Waals surface area contributed by atoms with Crippen molar-refractivity contribution in [3.05, 3.63) is 343 Å². The molecule has 0 atom stereocenters. The fourth-order valence-corrected chi connectivity index (χ4v) is 11.2. The topological polar surface area (TPSA) is 3.24 Å². The molecule has 12 rings (SSSR count). The van der Waals surface area contributed by atoms with Gasteiger partial charge in [-0.2, -0.15) is 0 Å². The van der Waals surface area contributed by atoms with Crippen LogP contribution in [0.25, 0.3) is 72.3 Å². The van der Waals surface area contributed by atoms with Crippen LogP contribution in [0.15, 0.2) is 316 Å². The van der Waals surface area contributed by atoms with Gasteiger partial charge in [-0.05, 0) is 138 Å². The molecule has 0 heterocycles. The Bertz CT molecular complexity index is 3780. The highest BCUT2D eigenvalue weighted by Crippen LogP contribution is 2.58. The van der Waals surface area contributed by atoms with Gasteiger partial charge >= 0.3 is 0 Å². The lowest BCUT2D eigenvalue weighted by atomic mass is 9.67. The van der Waals surface area contributed by atoms with E-state index in [4.69, 9.17) is 0 Å². The number of benzene rings is 11. The molecule has 356 valence electrons. The first-order chi connectivity index (χ1) is 37.1. The predicted molar refractivity (Wildman–Crippen MR) is 318 cm³/mol. The van der Waals surface area contributed by atoms with Crippen LogP contribution in [0.4, 0.5) is 11.4 Å². The summed E-state index contributed by atoms with van der Waals surface area (Å²) in [5.74, 6) is 0. The lowest BCUT2D eigenvalue weighted by Gasteiger charge is -2.35. The van der Waals surface area contributed by atoms with E-state index in [2.05, 4.69) is 316 Å². The molecule has 0 spiro atoms. The second-order valence-electron chi connectivity index (χ2n) is 19.3. The van der Waals surface area contributed by atoms with Crippen LogP contribution in [0.5, 0.6) is 0 Å². The highest BCUT2D eigenvalue weighted by Gasteiger charge is 2.47. The van der Waals surface area contributed by atoms with Crippen LogP contribution in [0.1, 0.15) is 34.7 Å². The van der Waals surface area contributed by atoms with Crippen molar-refractivity contribution in [2.75, 3.05) is 4.90 Å². The quantitative estimate of drug-likeness (QED) is 0.104. The highest BCUT2D eigenvalue weighted by atomic mass is 15.1. The van der Waals surface area contributed by atoms with Gasteiger partial charge in [-0.25, -0.2) is 0 Å². The van der Waals surface area contributed by atoms with E-state index in [-0.39, 0.29) is 0 Å². The summed E-state index contributed by atoms with van der Waals surface area (Å²) in [4.78, 5) is 2.42. The van der Waals surface area contributed by atoms with Crippen LogP contribution in [0, 0.1) is 0 Å².